The highest BCUT2D eigenvalue weighted by Gasteiger charge is 2.52. The molecule has 3 aromatic rings. The van der Waals surface area contributed by atoms with Gasteiger partial charge < -0.3 is 10.1 Å². The number of Topliss-reactive ketones (excluding diaryl/α,β-unsaturated/α-hetero) is 2. The molecule has 0 aliphatic heterocycles. The molecular weight excluding hydrogens is 640 g/mol. The summed E-state index contributed by atoms with van der Waals surface area (Å²) in [5.74, 6) is -2.51. The van der Waals surface area contributed by atoms with E-state index in [2.05, 4.69) is 5.32 Å². The van der Waals surface area contributed by atoms with Gasteiger partial charge in [-0.1, -0.05) is 53.0 Å². The molecule has 0 atom stereocenters. The van der Waals surface area contributed by atoms with Crippen LogP contribution in [0.3, 0.4) is 0 Å². The summed E-state index contributed by atoms with van der Waals surface area (Å²) >= 11 is 18.7. The van der Waals surface area contributed by atoms with Crippen LogP contribution in [0.2, 0.25) is 15.1 Å². The van der Waals surface area contributed by atoms with Crippen molar-refractivity contribution in [3.63, 3.8) is 0 Å². The summed E-state index contributed by atoms with van der Waals surface area (Å²) in [4.78, 5) is 38.7. The van der Waals surface area contributed by atoms with Crippen LogP contribution >= 0.6 is 34.8 Å². The lowest BCUT2D eigenvalue weighted by Gasteiger charge is -2.26. The van der Waals surface area contributed by atoms with Crippen molar-refractivity contribution >= 4 is 58.0 Å². The molecule has 3 aromatic carbocycles. The van der Waals surface area contributed by atoms with Gasteiger partial charge in [0.25, 0.3) is 12.3 Å². The van der Waals surface area contributed by atoms with Gasteiger partial charge in [0.1, 0.15) is 23.6 Å². The molecule has 0 spiro atoms. The van der Waals surface area contributed by atoms with E-state index in [1.807, 2.05) is 0 Å². The van der Waals surface area contributed by atoms with Crippen LogP contribution in [0.25, 0.3) is 0 Å². The van der Waals surface area contributed by atoms with E-state index in [9.17, 15) is 36.3 Å². The standard InChI is InChI=1S/C30H25Cl3F5NO4/c1-29(2,30(36,37)38)24(41)11-8-17-7-9-21(32)26(27(17)33)22(40)13-16-6-10-23(43-15-25(34)35)20(12-16)28(42)39-19-5-3-4-18(31)14-19/h3-7,9-10,12,14,25H,8,11,13,15H2,1-2H3,(H,39,42). The van der Waals surface area contributed by atoms with Crippen molar-refractivity contribution < 1.29 is 41.1 Å². The van der Waals surface area contributed by atoms with Gasteiger partial charge in [-0.2, -0.15) is 13.2 Å². The van der Waals surface area contributed by atoms with E-state index < -0.39 is 48.5 Å². The van der Waals surface area contributed by atoms with Crippen molar-refractivity contribution in [2.45, 2.75) is 45.7 Å². The number of aryl methyl sites for hydroxylation is 1. The highest BCUT2D eigenvalue weighted by atomic mass is 35.5. The number of ether oxygens (including phenoxy) is 1. The number of anilines is 1. The molecule has 1 N–H and O–H groups in total. The summed E-state index contributed by atoms with van der Waals surface area (Å²) in [5.41, 5.74) is -1.96. The van der Waals surface area contributed by atoms with Crippen molar-refractivity contribution in [2.75, 3.05) is 11.9 Å². The molecule has 0 unspecified atom stereocenters. The Kier molecular flexibility index (Phi) is 11.2. The first-order chi connectivity index (χ1) is 20.0. The molecule has 3 rings (SSSR count). The van der Waals surface area contributed by atoms with E-state index in [4.69, 9.17) is 39.5 Å². The molecule has 0 aromatic heterocycles. The third-order valence-electron chi connectivity index (χ3n) is 6.58. The zero-order chi connectivity index (χ0) is 32.1. The Morgan fingerprint density at radius 1 is 0.953 bits per heavy atom. The van der Waals surface area contributed by atoms with Gasteiger partial charge in [0.15, 0.2) is 5.78 Å². The summed E-state index contributed by atoms with van der Waals surface area (Å²) in [7, 11) is 0. The second kappa shape index (κ2) is 14.1. The van der Waals surface area contributed by atoms with Crippen molar-refractivity contribution in [1.29, 1.82) is 0 Å². The number of carbonyl (C=O) groups is 3. The number of hydrogen-bond acceptors (Lipinski definition) is 4. The number of benzene rings is 3. The van der Waals surface area contributed by atoms with Crippen molar-refractivity contribution in [1.82, 2.24) is 0 Å². The number of rotatable bonds is 12. The summed E-state index contributed by atoms with van der Waals surface area (Å²) < 4.78 is 70.5. The van der Waals surface area contributed by atoms with Gasteiger partial charge in [0.05, 0.1) is 21.2 Å². The number of ketones is 2. The maximum absolute atomic E-state index is 13.3. The monoisotopic (exact) mass is 663 g/mol. The molecule has 0 bridgehead atoms. The maximum atomic E-state index is 13.3. The van der Waals surface area contributed by atoms with E-state index in [-0.39, 0.29) is 50.9 Å². The Hall–Kier alpha value is -3.21. The fourth-order valence-corrected chi connectivity index (χ4v) is 4.81. The fraction of sp³-hybridized carbons (Fsp3) is 0.300. The van der Waals surface area contributed by atoms with Gasteiger partial charge in [-0.15, -0.1) is 0 Å². The lowest BCUT2D eigenvalue weighted by Crippen LogP contribution is -2.39. The van der Waals surface area contributed by atoms with Crippen molar-refractivity contribution in [2.24, 2.45) is 5.41 Å². The summed E-state index contributed by atoms with van der Waals surface area (Å²) in [5, 5.41) is 2.78. The number of hydrogen-bond donors (Lipinski definition) is 1. The van der Waals surface area contributed by atoms with E-state index in [1.54, 1.807) is 18.2 Å². The van der Waals surface area contributed by atoms with Crippen LogP contribution < -0.4 is 10.1 Å². The smallest absolute Gasteiger partial charge is 0.400 e. The number of carbonyl (C=O) groups excluding carboxylic acids is 3. The van der Waals surface area contributed by atoms with E-state index in [0.717, 1.165) is 13.8 Å². The van der Waals surface area contributed by atoms with Crippen molar-refractivity contribution in [3.05, 3.63) is 91.9 Å². The molecule has 0 radical (unpaired) electrons. The zero-order valence-corrected chi connectivity index (χ0v) is 25.0. The Morgan fingerprint density at radius 2 is 1.65 bits per heavy atom. The highest BCUT2D eigenvalue weighted by molar-refractivity contribution is 6.40. The maximum Gasteiger partial charge on any atom is 0.400 e. The molecule has 0 aliphatic rings. The van der Waals surface area contributed by atoms with Crippen molar-refractivity contribution in [3.8, 4) is 5.75 Å². The van der Waals surface area contributed by atoms with Gasteiger partial charge in [0.2, 0.25) is 0 Å². The molecule has 0 saturated carbocycles. The van der Waals surface area contributed by atoms with E-state index in [1.165, 1.54) is 36.4 Å². The molecule has 0 fully saturated rings. The van der Waals surface area contributed by atoms with Crippen LogP contribution in [0.1, 0.15) is 52.1 Å². The predicted octanol–water partition coefficient (Wildman–Crippen LogP) is 9.06. The lowest BCUT2D eigenvalue weighted by molar-refractivity contribution is -0.210. The van der Waals surface area contributed by atoms with Gasteiger partial charge in [-0.05, 0) is 67.8 Å². The predicted molar refractivity (Wildman–Crippen MR) is 155 cm³/mol. The lowest BCUT2D eigenvalue weighted by atomic mass is 9.84. The topological polar surface area (TPSA) is 72.5 Å². The summed E-state index contributed by atoms with van der Waals surface area (Å²) in [6.45, 7) is 0.610. The second-order valence-electron chi connectivity index (χ2n) is 10.0. The zero-order valence-electron chi connectivity index (χ0n) is 22.8. The first kappa shape index (κ1) is 34.3. The van der Waals surface area contributed by atoms with Gasteiger partial charge in [-0.25, -0.2) is 8.78 Å². The Labute approximate surface area is 259 Å². The molecule has 43 heavy (non-hydrogen) atoms. The Morgan fingerprint density at radius 3 is 2.28 bits per heavy atom. The minimum atomic E-state index is -4.74. The average Bonchev–Trinajstić information content (AvgIpc) is 2.91. The van der Waals surface area contributed by atoms with E-state index >= 15 is 0 Å². The third kappa shape index (κ3) is 8.68. The summed E-state index contributed by atoms with van der Waals surface area (Å²) in [6.07, 6.45) is -8.53. The first-order valence-corrected chi connectivity index (χ1v) is 13.9. The fourth-order valence-electron chi connectivity index (χ4n) is 3.94. The van der Waals surface area contributed by atoms with Crippen LogP contribution in [0.4, 0.5) is 27.6 Å². The molecule has 1 amide bonds. The van der Waals surface area contributed by atoms with Crippen LogP contribution in [0, 0.1) is 5.41 Å². The van der Waals surface area contributed by atoms with Crippen LogP contribution in [0.15, 0.2) is 54.6 Å². The Balaban J connectivity index is 1.86. The van der Waals surface area contributed by atoms with Gasteiger partial charge >= 0.3 is 6.18 Å². The number of alkyl halides is 5. The molecule has 13 heteroatoms. The highest BCUT2D eigenvalue weighted by Crippen LogP contribution is 2.40. The summed E-state index contributed by atoms with van der Waals surface area (Å²) in [6, 6.07) is 12.9. The number of amides is 1. The van der Waals surface area contributed by atoms with Gasteiger partial charge in [-0.3, -0.25) is 14.4 Å². The average molecular weight is 665 g/mol. The van der Waals surface area contributed by atoms with Crippen LogP contribution in [-0.2, 0) is 17.6 Å². The third-order valence-corrected chi connectivity index (χ3v) is 7.56. The van der Waals surface area contributed by atoms with Crippen LogP contribution in [0.5, 0.6) is 5.75 Å². The molecule has 230 valence electrons. The number of nitrogens with one attached hydrogen (secondary N) is 1. The quantitative estimate of drug-likeness (QED) is 0.155. The molecule has 0 aliphatic carbocycles. The minimum absolute atomic E-state index is 0.0310. The molecule has 0 saturated heterocycles. The Bertz CT molecular complexity index is 1530. The molecular formula is C30H25Cl3F5NO4. The molecule has 0 heterocycles. The normalized spacial score (nSPS) is 11.9. The first-order valence-electron chi connectivity index (χ1n) is 12.7. The largest absolute Gasteiger partial charge is 0.487 e. The van der Waals surface area contributed by atoms with E-state index in [0.29, 0.717) is 10.7 Å². The van der Waals surface area contributed by atoms with Crippen LogP contribution in [-0.4, -0.2) is 36.7 Å². The minimum Gasteiger partial charge on any atom is -0.487 e. The number of halogens is 8. The SMILES string of the molecule is CC(C)(C(=O)CCc1ccc(Cl)c(C(=O)Cc2ccc(OCC(F)F)c(C(=O)Nc3cccc(Cl)c3)c2)c1Cl)C(F)(F)F. The molecule has 5 nitrogen and oxygen atoms in total. The van der Waals surface area contributed by atoms with Gasteiger partial charge in [0, 0.05) is 23.6 Å². The second-order valence-corrected chi connectivity index (χ2v) is 11.3.